The Hall–Kier alpha value is -3.87. The van der Waals surface area contributed by atoms with Crippen LogP contribution in [0.1, 0.15) is 17.5 Å². The van der Waals surface area contributed by atoms with E-state index in [0.717, 1.165) is 29.0 Å². The normalized spacial score (nSPS) is 13.7. The molecule has 3 aromatic carbocycles. The second-order valence-corrected chi connectivity index (χ2v) is 7.96. The first-order valence-corrected chi connectivity index (χ1v) is 10.9. The van der Waals surface area contributed by atoms with Gasteiger partial charge in [0.05, 0.1) is 13.5 Å². The van der Waals surface area contributed by atoms with Crippen LogP contribution < -0.4 is 15.0 Å². The van der Waals surface area contributed by atoms with Crippen molar-refractivity contribution in [2.75, 3.05) is 30.4 Å². The van der Waals surface area contributed by atoms with Gasteiger partial charge in [-0.3, -0.25) is 9.69 Å². The summed E-state index contributed by atoms with van der Waals surface area (Å²) in [6.07, 6.45) is 0.984. The Morgan fingerprint density at radius 3 is 2.58 bits per heavy atom. The van der Waals surface area contributed by atoms with Crippen molar-refractivity contribution in [2.24, 2.45) is 0 Å². The number of hydrogen-bond acceptors (Lipinski definition) is 3. The fourth-order valence-electron chi connectivity index (χ4n) is 3.90. The zero-order chi connectivity index (χ0) is 23.2. The molecule has 6 nitrogen and oxygen atoms in total. The molecule has 1 aliphatic heterocycles. The highest BCUT2D eigenvalue weighted by atomic mass is 19.1. The fourth-order valence-corrected chi connectivity index (χ4v) is 3.90. The summed E-state index contributed by atoms with van der Waals surface area (Å²) < 4.78 is 18.3. The number of hydrogen-bond donors (Lipinski definition) is 1. The van der Waals surface area contributed by atoms with E-state index in [-0.39, 0.29) is 24.2 Å². The zero-order valence-electron chi connectivity index (χ0n) is 18.5. The van der Waals surface area contributed by atoms with Gasteiger partial charge in [0, 0.05) is 31.0 Å². The Morgan fingerprint density at radius 2 is 1.79 bits per heavy atom. The SMILES string of the molecule is COc1cccc(CN2CCCN(c3cccc(NC(=O)Cc4ccc(F)cc4)c3)C2=O)c1. The maximum atomic E-state index is 13.2. The van der Waals surface area contributed by atoms with Crippen LogP contribution in [0.15, 0.2) is 72.8 Å². The quantitative estimate of drug-likeness (QED) is 0.563. The molecule has 1 heterocycles. The molecule has 1 aliphatic rings. The molecule has 1 N–H and O–H groups in total. The van der Waals surface area contributed by atoms with E-state index >= 15 is 0 Å². The lowest BCUT2D eigenvalue weighted by atomic mass is 10.1. The van der Waals surface area contributed by atoms with E-state index in [1.165, 1.54) is 12.1 Å². The van der Waals surface area contributed by atoms with Crippen LogP contribution in [-0.4, -0.2) is 37.0 Å². The number of amides is 3. The van der Waals surface area contributed by atoms with Crippen LogP contribution in [0, 0.1) is 5.82 Å². The average molecular weight is 448 g/mol. The Kier molecular flexibility index (Phi) is 6.88. The number of benzene rings is 3. The van der Waals surface area contributed by atoms with Crippen molar-refractivity contribution in [3.8, 4) is 5.75 Å². The maximum absolute atomic E-state index is 13.2. The molecule has 4 rings (SSSR count). The van der Waals surface area contributed by atoms with Crippen LogP contribution in [-0.2, 0) is 17.8 Å². The van der Waals surface area contributed by atoms with Crippen LogP contribution in [0.25, 0.3) is 0 Å². The van der Waals surface area contributed by atoms with E-state index in [1.54, 1.807) is 36.3 Å². The Morgan fingerprint density at radius 1 is 1.00 bits per heavy atom. The smallest absolute Gasteiger partial charge is 0.324 e. The van der Waals surface area contributed by atoms with E-state index < -0.39 is 0 Å². The molecule has 3 amide bonds. The van der Waals surface area contributed by atoms with Crippen molar-refractivity contribution in [1.82, 2.24) is 4.90 Å². The molecule has 0 radical (unpaired) electrons. The summed E-state index contributed by atoms with van der Waals surface area (Å²) in [7, 11) is 1.62. The van der Waals surface area contributed by atoms with E-state index in [2.05, 4.69) is 5.32 Å². The zero-order valence-corrected chi connectivity index (χ0v) is 18.5. The first-order chi connectivity index (χ1) is 16.0. The first kappa shape index (κ1) is 22.3. The molecule has 0 atom stereocenters. The van der Waals surface area contributed by atoms with Gasteiger partial charge < -0.3 is 15.0 Å². The van der Waals surface area contributed by atoms with Gasteiger partial charge in [-0.05, 0) is 60.0 Å². The number of carbonyl (C=O) groups is 2. The van der Waals surface area contributed by atoms with Crippen LogP contribution in [0.4, 0.5) is 20.6 Å². The van der Waals surface area contributed by atoms with Gasteiger partial charge in [0.25, 0.3) is 0 Å². The van der Waals surface area contributed by atoms with Crippen molar-refractivity contribution in [1.29, 1.82) is 0 Å². The van der Waals surface area contributed by atoms with Crippen molar-refractivity contribution < 1.29 is 18.7 Å². The minimum absolute atomic E-state index is 0.0705. The van der Waals surface area contributed by atoms with Gasteiger partial charge in [0.2, 0.25) is 5.91 Å². The summed E-state index contributed by atoms with van der Waals surface area (Å²) in [4.78, 5) is 29.2. The minimum Gasteiger partial charge on any atom is -0.497 e. The number of rotatable bonds is 7. The number of carbonyl (C=O) groups excluding carboxylic acids is 2. The predicted molar refractivity (Wildman–Crippen MR) is 126 cm³/mol. The number of urea groups is 1. The van der Waals surface area contributed by atoms with Gasteiger partial charge in [-0.2, -0.15) is 0 Å². The third kappa shape index (κ3) is 5.68. The molecular weight excluding hydrogens is 421 g/mol. The average Bonchev–Trinajstić information content (AvgIpc) is 2.82. The van der Waals surface area contributed by atoms with E-state index in [1.807, 2.05) is 41.3 Å². The molecule has 33 heavy (non-hydrogen) atoms. The summed E-state index contributed by atoms with van der Waals surface area (Å²) in [5.74, 6) is 0.222. The second-order valence-electron chi connectivity index (χ2n) is 7.96. The van der Waals surface area contributed by atoms with E-state index in [4.69, 9.17) is 4.74 Å². The first-order valence-electron chi connectivity index (χ1n) is 10.9. The lowest BCUT2D eigenvalue weighted by molar-refractivity contribution is -0.115. The topological polar surface area (TPSA) is 61.9 Å². The molecule has 0 aromatic heterocycles. The Balaban J connectivity index is 1.42. The van der Waals surface area contributed by atoms with Gasteiger partial charge in [0.1, 0.15) is 11.6 Å². The van der Waals surface area contributed by atoms with Crippen molar-refractivity contribution in [2.45, 2.75) is 19.4 Å². The second kappa shape index (κ2) is 10.2. The summed E-state index contributed by atoms with van der Waals surface area (Å²) in [5, 5.41) is 2.86. The lowest BCUT2D eigenvalue weighted by Crippen LogP contribution is -2.49. The minimum atomic E-state index is -0.335. The lowest BCUT2D eigenvalue weighted by Gasteiger charge is -2.36. The standard InChI is InChI=1S/C26H26FN3O3/c1-33-24-8-2-5-20(15-24)18-29-13-4-14-30(26(29)32)23-7-3-6-22(17-23)28-25(31)16-19-9-11-21(27)12-10-19/h2-3,5-12,15,17H,4,13-14,16,18H2,1H3,(H,28,31). The number of anilines is 2. The molecule has 0 aliphatic carbocycles. The van der Waals surface area contributed by atoms with E-state index in [0.29, 0.717) is 25.3 Å². The molecule has 3 aromatic rings. The van der Waals surface area contributed by atoms with Gasteiger partial charge in [0.15, 0.2) is 0 Å². The van der Waals surface area contributed by atoms with Crippen LogP contribution in [0.5, 0.6) is 5.75 Å². The molecule has 1 saturated heterocycles. The van der Waals surface area contributed by atoms with E-state index in [9.17, 15) is 14.0 Å². The largest absolute Gasteiger partial charge is 0.497 e. The van der Waals surface area contributed by atoms with Crippen molar-refractivity contribution in [3.05, 3.63) is 89.7 Å². The van der Waals surface area contributed by atoms with Crippen molar-refractivity contribution >= 4 is 23.3 Å². The molecule has 170 valence electrons. The molecule has 0 bridgehead atoms. The van der Waals surface area contributed by atoms with Crippen LogP contribution in [0.2, 0.25) is 0 Å². The third-order valence-electron chi connectivity index (χ3n) is 5.54. The van der Waals surface area contributed by atoms with Crippen LogP contribution >= 0.6 is 0 Å². The summed E-state index contributed by atoms with van der Waals surface area (Å²) >= 11 is 0. The molecule has 1 fully saturated rings. The van der Waals surface area contributed by atoms with Gasteiger partial charge in [-0.15, -0.1) is 0 Å². The summed E-state index contributed by atoms with van der Waals surface area (Å²) in [6, 6.07) is 20.8. The highest BCUT2D eigenvalue weighted by Gasteiger charge is 2.27. The predicted octanol–water partition coefficient (Wildman–Crippen LogP) is 4.85. The van der Waals surface area contributed by atoms with Gasteiger partial charge in [-0.25, -0.2) is 9.18 Å². The number of nitrogens with one attached hydrogen (secondary N) is 1. The number of nitrogens with zero attached hydrogens (tertiary/aromatic N) is 2. The van der Waals surface area contributed by atoms with Gasteiger partial charge >= 0.3 is 6.03 Å². The highest BCUT2D eigenvalue weighted by molar-refractivity contribution is 5.95. The maximum Gasteiger partial charge on any atom is 0.324 e. The molecular formula is C26H26FN3O3. The molecule has 7 heteroatoms. The summed E-state index contributed by atoms with van der Waals surface area (Å²) in [6.45, 7) is 1.79. The molecule has 0 spiro atoms. The van der Waals surface area contributed by atoms with Gasteiger partial charge in [-0.1, -0.05) is 30.3 Å². The monoisotopic (exact) mass is 447 g/mol. The van der Waals surface area contributed by atoms with Crippen molar-refractivity contribution in [3.63, 3.8) is 0 Å². The summed E-state index contributed by atoms with van der Waals surface area (Å²) in [5.41, 5.74) is 3.07. The fraction of sp³-hybridized carbons (Fsp3) is 0.231. The number of halogens is 1. The number of ether oxygens (including phenoxy) is 1. The number of methoxy groups -OCH3 is 1. The van der Waals surface area contributed by atoms with Crippen LogP contribution in [0.3, 0.4) is 0 Å². The third-order valence-corrected chi connectivity index (χ3v) is 5.54. The molecule has 0 unspecified atom stereocenters. The Labute approximate surface area is 192 Å². The highest BCUT2D eigenvalue weighted by Crippen LogP contribution is 2.25. The molecule has 0 saturated carbocycles. The Bertz CT molecular complexity index is 1130.